The lowest BCUT2D eigenvalue weighted by Gasteiger charge is -2.44. The van der Waals surface area contributed by atoms with Gasteiger partial charge in [-0.1, -0.05) is 29.8 Å². The first-order valence-corrected chi connectivity index (χ1v) is 9.64. The fourth-order valence-electron chi connectivity index (χ4n) is 3.91. The molecule has 1 saturated heterocycles. The van der Waals surface area contributed by atoms with Crippen LogP contribution in [0.4, 0.5) is 11.4 Å². The van der Waals surface area contributed by atoms with Crippen molar-refractivity contribution in [2.75, 3.05) is 23.4 Å². The summed E-state index contributed by atoms with van der Waals surface area (Å²) in [5.41, 5.74) is 3.23. The SMILES string of the molecule is CN1C(=O)C2CCCCN2c2ccc(C(=O)NCc3ccccc3Cl)cc21. The second-order valence-electron chi connectivity index (χ2n) is 7.08. The lowest BCUT2D eigenvalue weighted by molar-refractivity contribution is -0.120. The van der Waals surface area contributed by atoms with Crippen LogP contribution in [0.2, 0.25) is 5.02 Å². The second kappa shape index (κ2) is 7.24. The van der Waals surface area contributed by atoms with Crippen LogP contribution >= 0.6 is 11.6 Å². The minimum absolute atomic E-state index is 0.0730. The Morgan fingerprint density at radius 2 is 2.00 bits per heavy atom. The Morgan fingerprint density at radius 1 is 1.19 bits per heavy atom. The van der Waals surface area contributed by atoms with Crippen molar-refractivity contribution in [3.05, 3.63) is 58.6 Å². The molecular formula is C21H22ClN3O2. The molecule has 1 unspecified atom stereocenters. The number of hydrogen-bond acceptors (Lipinski definition) is 3. The summed E-state index contributed by atoms with van der Waals surface area (Å²) in [4.78, 5) is 29.2. The maximum atomic E-state index is 12.7. The summed E-state index contributed by atoms with van der Waals surface area (Å²) in [6.45, 7) is 1.24. The molecule has 0 spiro atoms. The molecule has 2 aliphatic heterocycles. The van der Waals surface area contributed by atoms with Crippen molar-refractivity contribution < 1.29 is 9.59 Å². The number of fused-ring (bicyclic) bond motifs is 3. The third-order valence-corrected chi connectivity index (χ3v) is 5.79. The van der Waals surface area contributed by atoms with Gasteiger partial charge in [-0.15, -0.1) is 0 Å². The van der Waals surface area contributed by atoms with Crippen LogP contribution in [0.15, 0.2) is 42.5 Å². The molecule has 0 bridgehead atoms. The van der Waals surface area contributed by atoms with E-state index in [0.717, 1.165) is 42.7 Å². The zero-order chi connectivity index (χ0) is 19.0. The molecule has 2 aliphatic rings. The summed E-state index contributed by atoms with van der Waals surface area (Å²) in [5.74, 6) is -0.0739. The Balaban J connectivity index is 1.56. The van der Waals surface area contributed by atoms with Gasteiger partial charge in [0.15, 0.2) is 0 Å². The second-order valence-corrected chi connectivity index (χ2v) is 7.49. The van der Waals surface area contributed by atoms with Gasteiger partial charge < -0.3 is 15.1 Å². The van der Waals surface area contributed by atoms with E-state index in [1.807, 2.05) is 30.3 Å². The number of nitrogens with one attached hydrogen (secondary N) is 1. The van der Waals surface area contributed by atoms with Crippen LogP contribution in [-0.4, -0.2) is 31.4 Å². The molecule has 6 heteroatoms. The lowest BCUT2D eigenvalue weighted by atomic mass is 9.96. The molecule has 27 heavy (non-hydrogen) atoms. The van der Waals surface area contributed by atoms with Crippen LogP contribution in [0, 0.1) is 0 Å². The number of benzene rings is 2. The zero-order valence-electron chi connectivity index (χ0n) is 15.2. The van der Waals surface area contributed by atoms with E-state index in [9.17, 15) is 9.59 Å². The highest BCUT2D eigenvalue weighted by Gasteiger charge is 2.37. The number of anilines is 2. The Kier molecular flexibility index (Phi) is 4.79. The summed E-state index contributed by atoms with van der Waals surface area (Å²) in [6.07, 6.45) is 3.06. The highest BCUT2D eigenvalue weighted by molar-refractivity contribution is 6.31. The highest BCUT2D eigenvalue weighted by Crippen LogP contribution is 2.39. The third-order valence-electron chi connectivity index (χ3n) is 5.42. The van der Waals surface area contributed by atoms with Crippen LogP contribution in [0.3, 0.4) is 0 Å². The van der Waals surface area contributed by atoms with Crippen molar-refractivity contribution >= 4 is 34.8 Å². The van der Waals surface area contributed by atoms with E-state index in [1.165, 1.54) is 0 Å². The quantitative estimate of drug-likeness (QED) is 0.880. The van der Waals surface area contributed by atoms with E-state index in [1.54, 1.807) is 24.1 Å². The van der Waals surface area contributed by atoms with Gasteiger partial charge in [-0.2, -0.15) is 0 Å². The largest absolute Gasteiger partial charge is 0.358 e. The Hall–Kier alpha value is -2.53. The Bertz CT molecular complexity index is 899. The number of hydrogen-bond donors (Lipinski definition) is 1. The highest BCUT2D eigenvalue weighted by atomic mass is 35.5. The smallest absolute Gasteiger partial charge is 0.251 e. The van der Waals surface area contributed by atoms with Gasteiger partial charge in [-0.3, -0.25) is 9.59 Å². The maximum Gasteiger partial charge on any atom is 0.251 e. The standard InChI is InChI=1S/C21H22ClN3O2/c1-24-19-12-14(20(26)23-13-15-6-2-3-7-16(15)22)9-10-17(19)25-11-5-4-8-18(25)21(24)27/h2-3,6-7,9-10,12,18H,4-5,8,11,13H2,1H3,(H,23,26). The van der Waals surface area contributed by atoms with E-state index >= 15 is 0 Å². The Labute approximate surface area is 163 Å². The fourth-order valence-corrected chi connectivity index (χ4v) is 4.12. The zero-order valence-corrected chi connectivity index (χ0v) is 16.0. The van der Waals surface area contributed by atoms with E-state index in [0.29, 0.717) is 17.1 Å². The van der Waals surface area contributed by atoms with E-state index < -0.39 is 0 Å². The maximum absolute atomic E-state index is 12.7. The predicted octanol–water partition coefficient (Wildman–Crippen LogP) is 3.61. The molecular weight excluding hydrogens is 362 g/mol. The van der Waals surface area contributed by atoms with Crippen LogP contribution < -0.4 is 15.1 Å². The molecule has 2 aromatic rings. The monoisotopic (exact) mass is 383 g/mol. The average molecular weight is 384 g/mol. The number of carbonyl (C=O) groups excluding carboxylic acids is 2. The van der Waals surface area contributed by atoms with Crippen LogP contribution in [-0.2, 0) is 11.3 Å². The first-order valence-electron chi connectivity index (χ1n) is 9.26. The van der Waals surface area contributed by atoms with Crippen molar-refractivity contribution in [2.24, 2.45) is 0 Å². The number of rotatable bonds is 3. The van der Waals surface area contributed by atoms with Crippen molar-refractivity contribution in [1.29, 1.82) is 0 Å². The molecule has 1 fully saturated rings. The van der Waals surface area contributed by atoms with E-state index in [-0.39, 0.29) is 17.9 Å². The van der Waals surface area contributed by atoms with Crippen LogP contribution in [0.25, 0.3) is 0 Å². The summed E-state index contributed by atoms with van der Waals surface area (Å²) in [7, 11) is 1.79. The molecule has 0 aliphatic carbocycles. The summed E-state index contributed by atoms with van der Waals surface area (Å²) < 4.78 is 0. The predicted molar refractivity (Wildman–Crippen MR) is 107 cm³/mol. The molecule has 5 nitrogen and oxygen atoms in total. The van der Waals surface area contributed by atoms with Gasteiger partial charge in [0.2, 0.25) is 5.91 Å². The molecule has 140 valence electrons. The van der Waals surface area contributed by atoms with Gasteiger partial charge in [-0.05, 0) is 49.1 Å². The minimum Gasteiger partial charge on any atom is -0.358 e. The average Bonchev–Trinajstić information content (AvgIpc) is 2.71. The van der Waals surface area contributed by atoms with Gasteiger partial charge in [0.05, 0.1) is 11.4 Å². The molecule has 0 radical (unpaired) electrons. The number of halogens is 1. The van der Waals surface area contributed by atoms with Crippen molar-refractivity contribution in [1.82, 2.24) is 5.32 Å². The summed E-state index contributed by atoms with van der Waals surface area (Å²) in [6, 6.07) is 13.0. The first kappa shape index (κ1) is 17.9. The van der Waals surface area contributed by atoms with Gasteiger partial charge in [-0.25, -0.2) is 0 Å². The normalized spacial score (nSPS) is 18.7. The number of nitrogens with zero attached hydrogens (tertiary/aromatic N) is 2. The number of carbonyl (C=O) groups is 2. The summed E-state index contributed by atoms with van der Waals surface area (Å²) >= 11 is 6.15. The molecule has 1 N–H and O–H groups in total. The van der Waals surface area contributed by atoms with Crippen LogP contribution in [0.5, 0.6) is 0 Å². The van der Waals surface area contributed by atoms with Gasteiger partial charge in [0.25, 0.3) is 5.91 Å². The van der Waals surface area contributed by atoms with Crippen molar-refractivity contribution in [2.45, 2.75) is 31.8 Å². The van der Waals surface area contributed by atoms with Crippen LogP contribution in [0.1, 0.15) is 35.2 Å². The van der Waals surface area contributed by atoms with Gasteiger partial charge >= 0.3 is 0 Å². The van der Waals surface area contributed by atoms with Gasteiger partial charge in [0.1, 0.15) is 6.04 Å². The minimum atomic E-state index is -0.181. The molecule has 2 heterocycles. The number of likely N-dealkylation sites (N-methyl/N-ethyl adjacent to an activating group) is 1. The first-order chi connectivity index (χ1) is 13.1. The molecule has 2 amide bonds. The molecule has 1 atom stereocenters. The number of piperidine rings is 1. The number of amides is 2. The molecule has 0 aromatic heterocycles. The van der Waals surface area contributed by atoms with Crippen molar-refractivity contribution in [3.63, 3.8) is 0 Å². The van der Waals surface area contributed by atoms with Gasteiger partial charge in [0, 0.05) is 30.7 Å². The van der Waals surface area contributed by atoms with E-state index in [4.69, 9.17) is 11.6 Å². The fraction of sp³-hybridized carbons (Fsp3) is 0.333. The topological polar surface area (TPSA) is 52.7 Å². The van der Waals surface area contributed by atoms with Crippen molar-refractivity contribution in [3.8, 4) is 0 Å². The molecule has 0 saturated carbocycles. The summed E-state index contributed by atoms with van der Waals surface area (Å²) in [5, 5.41) is 3.53. The molecule has 4 rings (SSSR count). The van der Waals surface area contributed by atoms with E-state index in [2.05, 4.69) is 10.2 Å². The Morgan fingerprint density at radius 3 is 2.81 bits per heavy atom. The molecule has 2 aromatic carbocycles. The third kappa shape index (κ3) is 3.28. The lowest BCUT2D eigenvalue weighted by Crippen LogP contribution is -2.54.